The van der Waals surface area contributed by atoms with Gasteiger partial charge in [0.15, 0.2) is 0 Å². The van der Waals surface area contributed by atoms with E-state index < -0.39 is 0 Å². The highest BCUT2D eigenvalue weighted by Gasteiger charge is 2.31. The molecule has 0 saturated carbocycles. The van der Waals surface area contributed by atoms with Gasteiger partial charge in [0.1, 0.15) is 5.75 Å². The largest absolute Gasteiger partial charge is 0.497 e. The molecule has 0 aromatic heterocycles. The first-order valence-corrected chi connectivity index (χ1v) is 8.06. The van der Waals surface area contributed by atoms with Gasteiger partial charge in [0, 0.05) is 32.2 Å². The smallest absolute Gasteiger partial charge is 0.239 e. The summed E-state index contributed by atoms with van der Waals surface area (Å²) in [6.07, 6.45) is 0.853. The molecule has 0 radical (unpaired) electrons. The summed E-state index contributed by atoms with van der Waals surface area (Å²) >= 11 is 0. The Morgan fingerprint density at radius 2 is 2.00 bits per heavy atom. The molecule has 1 heterocycles. The van der Waals surface area contributed by atoms with Crippen LogP contribution >= 0.6 is 0 Å². The number of hydrogen-bond acceptors (Lipinski definition) is 4. The van der Waals surface area contributed by atoms with Crippen molar-refractivity contribution in [1.82, 2.24) is 15.5 Å². The van der Waals surface area contributed by atoms with Gasteiger partial charge in [-0.3, -0.25) is 4.79 Å². The van der Waals surface area contributed by atoms with Crippen LogP contribution in [0, 0.1) is 0 Å². The molecule has 0 spiro atoms. The van der Waals surface area contributed by atoms with E-state index in [1.807, 2.05) is 30.9 Å². The Bertz CT molecular complexity index is 471. The number of carbonyl (C=O) groups is 1. The maximum Gasteiger partial charge on any atom is 0.239 e. The lowest BCUT2D eigenvalue weighted by Gasteiger charge is -2.22. The van der Waals surface area contributed by atoms with Crippen LogP contribution in [0.2, 0.25) is 0 Å². The molecule has 0 aliphatic carbocycles. The molecule has 22 heavy (non-hydrogen) atoms. The molecule has 1 aromatic carbocycles. The Kier molecular flexibility index (Phi) is 6.21. The summed E-state index contributed by atoms with van der Waals surface area (Å²) in [5, 5.41) is 6.86. The minimum atomic E-state index is -0.0479. The number of nitrogens with one attached hydrogen (secondary N) is 2. The van der Waals surface area contributed by atoms with Gasteiger partial charge in [-0.2, -0.15) is 0 Å². The second-order valence-electron chi connectivity index (χ2n) is 5.63. The predicted octanol–water partition coefficient (Wildman–Crippen LogP) is 1.38. The van der Waals surface area contributed by atoms with Crippen molar-refractivity contribution in [2.75, 3.05) is 26.7 Å². The Morgan fingerprint density at radius 1 is 1.32 bits per heavy atom. The standard InChI is InChI=1S/C17H27N3O2/c1-4-20(5-2)17(21)16-10-14(12-19-16)18-11-13-6-8-15(22-3)9-7-13/h6-9,14,16,18-19H,4-5,10-12H2,1-3H3. The molecule has 5 nitrogen and oxygen atoms in total. The van der Waals surface area contributed by atoms with Crippen molar-refractivity contribution in [3.63, 3.8) is 0 Å². The van der Waals surface area contributed by atoms with Crippen molar-refractivity contribution in [2.45, 2.75) is 38.9 Å². The van der Waals surface area contributed by atoms with Gasteiger partial charge in [-0.05, 0) is 38.0 Å². The van der Waals surface area contributed by atoms with E-state index in [1.165, 1.54) is 5.56 Å². The maximum atomic E-state index is 12.3. The minimum Gasteiger partial charge on any atom is -0.497 e. The fourth-order valence-electron chi connectivity index (χ4n) is 2.84. The number of likely N-dealkylation sites (N-methyl/N-ethyl adjacent to an activating group) is 1. The Labute approximate surface area is 133 Å². The highest BCUT2D eigenvalue weighted by Crippen LogP contribution is 2.13. The highest BCUT2D eigenvalue weighted by atomic mass is 16.5. The number of hydrogen-bond donors (Lipinski definition) is 2. The topological polar surface area (TPSA) is 53.6 Å². The first kappa shape index (κ1) is 16.8. The molecular formula is C17H27N3O2. The van der Waals surface area contributed by atoms with E-state index in [0.717, 1.165) is 38.3 Å². The molecule has 0 bridgehead atoms. The Hall–Kier alpha value is -1.59. The van der Waals surface area contributed by atoms with Crippen LogP contribution in [-0.2, 0) is 11.3 Å². The second-order valence-corrected chi connectivity index (χ2v) is 5.63. The van der Waals surface area contributed by atoms with Crippen LogP contribution in [0.4, 0.5) is 0 Å². The van der Waals surface area contributed by atoms with Crippen LogP contribution in [0.3, 0.4) is 0 Å². The van der Waals surface area contributed by atoms with Crippen LogP contribution < -0.4 is 15.4 Å². The monoisotopic (exact) mass is 305 g/mol. The van der Waals surface area contributed by atoms with Crippen LogP contribution in [0.1, 0.15) is 25.8 Å². The minimum absolute atomic E-state index is 0.0479. The number of carbonyl (C=O) groups excluding carboxylic acids is 1. The lowest BCUT2D eigenvalue weighted by atomic mass is 10.1. The number of amides is 1. The molecule has 1 amide bonds. The van der Waals surface area contributed by atoms with Gasteiger partial charge in [0.2, 0.25) is 5.91 Å². The zero-order valence-corrected chi connectivity index (χ0v) is 13.8. The molecule has 122 valence electrons. The molecule has 2 unspecified atom stereocenters. The summed E-state index contributed by atoms with van der Waals surface area (Å²) in [6.45, 7) is 7.25. The maximum absolute atomic E-state index is 12.3. The zero-order valence-electron chi connectivity index (χ0n) is 13.8. The van der Waals surface area contributed by atoms with Gasteiger partial charge >= 0.3 is 0 Å². The summed E-state index contributed by atoms with van der Waals surface area (Å²) in [5.41, 5.74) is 1.22. The van der Waals surface area contributed by atoms with E-state index in [4.69, 9.17) is 4.74 Å². The number of methoxy groups -OCH3 is 1. The third-order valence-electron chi connectivity index (χ3n) is 4.26. The van der Waals surface area contributed by atoms with E-state index >= 15 is 0 Å². The molecule has 1 aromatic rings. The van der Waals surface area contributed by atoms with Crippen LogP contribution in [0.5, 0.6) is 5.75 Å². The summed E-state index contributed by atoms with van der Waals surface area (Å²) in [5.74, 6) is 1.09. The lowest BCUT2D eigenvalue weighted by molar-refractivity contribution is -0.132. The number of benzene rings is 1. The summed E-state index contributed by atoms with van der Waals surface area (Å²) < 4.78 is 5.16. The van der Waals surface area contributed by atoms with Crippen molar-refractivity contribution in [2.24, 2.45) is 0 Å². The molecule has 1 aliphatic heterocycles. The van der Waals surface area contributed by atoms with Crippen molar-refractivity contribution in [3.05, 3.63) is 29.8 Å². The molecule has 1 fully saturated rings. The zero-order chi connectivity index (χ0) is 15.9. The quantitative estimate of drug-likeness (QED) is 0.799. The average Bonchev–Trinajstić information content (AvgIpc) is 3.03. The third-order valence-corrected chi connectivity index (χ3v) is 4.26. The van der Waals surface area contributed by atoms with Crippen molar-refractivity contribution >= 4 is 5.91 Å². The molecule has 1 saturated heterocycles. The van der Waals surface area contributed by atoms with Gasteiger partial charge in [-0.1, -0.05) is 12.1 Å². The van der Waals surface area contributed by atoms with E-state index in [0.29, 0.717) is 6.04 Å². The van der Waals surface area contributed by atoms with Gasteiger partial charge < -0.3 is 20.3 Å². The van der Waals surface area contributed by atoms with Crippen molar-refractivity contribution in [1.29, 1.82) is 0 Å². The Morgan fingerprint density at radius 3 is 2.59 bits per heavy atom. The summed E-state index contributed by atoms with van der Waals surface area (Å²) in [7, 11) is 1.67. The highest BCUT2D eigenvalue weighted by molar-refractivity contribution is 5.82. The molecule has 2 N–H and O–H groups in total. The van der Waals surface area contributed by atoms with Gasteiger partial charge in [0.05, 0.1) is 13.2 Å². The number of nitrogens with zero attached hydrogens (tertiary/aromatic N) is 1. The molecule has 1 aliphatic rings. The van der Waals surface area contributed by atoms with Crippen molar-refractivity contribution in [3.8, 4) is 5.75 Å². The normalized spacial score (nSPS) is 20.9. The number of rotatable bonds is 7. The third kappa shape index (κ3) is 4.21. The van der Waals surface area contributed by atoms with Crippen LogP contribution in [0.25, 0.3) is 0 Å². The fraction of sp³-hybridized carbons (Fsp3) is 0.588. The molecular weight excluding hydrogens is 278 g/mol. The first-order chi connectivity index (χ1) is 10.7. The lowest BCUT2D eigenvalue weighted by Crippen LogP contribution is -2.43. The Balaban J connectivity index is 1.79. The van der Waals surface area contributed by atoms with Gasteiger partial charge in [-0.25, -0.2) is 0 Å². The van der Waals surface area contributed by atoms with Crippen LogP contribution in [0.15, 0.2) is 24.3 Å². The first-order valence-electron chi connectivity index (χ1n) is 8.06. The van der Waals surface area contributed by atoms with Gasteiger partial charge in [0.25, 0.3) is 0 Å². The van der Waals surface area contributed by atoms with Gasteiger partial charge in [-0.15, -0.1) is 0 Å². The summed E-state index contributed by atoms with van der Waals surface area (Å²) in [4.78, 5) is 14.2. The number of ether oxygens (including phenoxy) is 1. The van der Waals surface area contributed by atoms with Crippen LogP contribution in [-0.4, -0.2) is 49.6 Å². The molecule has 2 atom stereocenters. The van der Waals surface area contributed by atoms with E-state index in [-0.39, 0.29) is 11.9 Å². The van der Waals surface area contributed by atoms with E-state index in [1.54, 1.807) is 7.11 Å². The molecule has 2 rings (SSSR count). The predicted molar refractivity (Wildman–Crippen MR) is 88.0 cm³/mol. The summed E-state index contributed by atoms with van der Waals surface area (Å²) in [6, 6.07) is 8.35. The fourth-order valence-corrected chi connectivity index (χ4v) is 2.84. The average molecular weight is 305 g/mol. The van der Waals surface area contributed by atoms with E-state index in [9.17, 15) is 4.79 Å². The van der Waals surface area contributed by atoms with E-state index in [2.05, 4.69) is 22.8 Å². The molecule has 5 heteroatoms. The van der Waals surface area contributed by atoms with Crippen molar-refractivity contribution < 1.29 is 9.53 Å². The second kappa shape index (κ2) is 8.15. The SMILES string of the molecule is CCN(CC)C(=O)C1CC(NCc2ccc(OC)cc2)CN1.